The molecule has 2 amide bonds. The summed E-state index contributed by atoms with van der Waals surface area (Å²) in [6, 6.07) is 10.1. The summed E-state index contributed by atoms with van der Waals surface area (Å²) in [7, 11) is 0. The Morgan fingerprint density at radius 2 is 1.89 bits per heavy atom. The number of aryl methyl sites for hydroxylation is 1. The van der Waals surface area contributed by atoms with E-state index in [2.05, 4.69) is 46.3 Å². The molecule has 28 heavy (non-hydrogen) atoms. The van der Waals surface area contributed by atoms with Crippen molar-refractivity contribution < 1.29 is 9.59 Å². The van der Waals surface area contributed by atoms with Gasteiger partial charge in [-0.15, -0.1) is 11.3 Å². The molecule has 0 aliphatic carbocycles. The molecule has 1 atom stereocenters. The summed E-state index contributed by atoms with van der Waals surface area (Å²) in [5, 5.41) is 5.16. The lowest BCUT2D eigenvalue weighted by Crippen LogP contribution is -2.44. The van der Waals surface area contributed by atoms with Crippen LogP contribution in [-0.4, -0.2) is 53.8 Å². The second-order valence-electron chi connectivity index (χ2n) is 7.34. The van der Waals surface area contributed by atoms with Gasteiger partial charge < -0.3 is 11.1 Å². The van der Waals surface area contributed by atoms with Gasteiger partial charge in [0.1, 0.15) is 5.00 Å². The zero-order valence-electron chi connectivity index (χ0n) is 16.5. The molecule has 3 N–H and O–H groups in total. The standard InChI is InChI=1S/C21H28N4O2S/c1-15-4-6-17(7-5-15)14-24-9-3-10-25(12-11-24)16(2)20(27)23-21-18(19(22)26)8-13-28-21/h4-8,13,16H,3,9-12,14H2,1-2H3,(H2,22,26)(H,23,27)/t16-/m1/s1. The van der Waals surface area contributed by atoms with E-state index in [1.807, 2.05) is 6.92 Å². The molecule has 1 aromatic heterocycles. The van der Waals surface area contributed by atoms with Crippen LogP contribution in [-0.2, 0) is 11.3 Å². The number of nitrogens with one attached hydrogen (secondary N) is 1. The zero-order chi connectivity index (χ0) is 20.1. The Balaban J connectivity index is 1.55. The monoisotopic (exact) mass is 400 g/mol. The van der Waals surface area contributed by atoms with Gasteiger partial charge in [0, 0.05) is 26.2 Å². The number of hydrogen-bond acceptors (Lipinski definition) is 5. The van der Waals surface area contributed by atoms with Crippen LogP contribution in [0.2, 0.25) is 0 Å². The molecule has 2 aromatic rings. The van der Waals surface area contributed by atoms with E-state index in [0.29, 0.717) is 10.6 Å². The number of nitrogens with two attached hydrogens (primary N) is 1. The highest BCUT2D eigenvalue weighted by atomic mass is 32.1. The van der Waals surface area contributed by atoms with E-state index in [9.17, 15) is 9.59 Å². The average Bonchev–Trinajstić information content (AvgIpc) is 3.01. The molecule has 0 spiro atoms. The Labute approximate surface area is 170 Å². The minimum atomic E-state index is -0.522. The Hall–Kier alpha value is -2.22. The number of carbonyl (C=O) groups excluding carboxylic acids is 2. The molecule has 1 aliphatic rings. The number of amides is 2. The molecule has 0 radical (unpaired) electrons. The van der Waals surface area contributed by atoms with Crippen molar-refractivity contribution in [1.82, 2.24) is 9.80 Å². The Morgan fingerprint density at radius 1 is 1.14 bits per heavy atom. The molecule has 3 rings (SSSR count). The number of hydrogen-bond donors (Lipinski definition) is 2. The third kappa shape index (κ3) is 5.19. The fourth-order valence-electron chi connectivity index (χ4n) is 3.47. The number of carbonyl (C=O) groups is 2. The summed E-state index contributed by atoms with van der Waals surface area (Å²) in [6.07, 6.45) is 1.02. The van der Waals surface area contributed by atoms with Gasteiger partial charge >= 0.3 is 0 Å². The second-order valence-corrected chi connectivity index (χ2v) is 8.26. The van der Waals surface area contributed by atoms with Gasteiger partial charge in [0.15, 0.2) is 0 Å². The number of benzene rings is 1. The highest BCUT2D eigenvalue weighted by Crippen LogP contribution is 2.23. The fourth-order valence-corrected chi connectivity index (χ4v) is 4.27. The highest BCUT2D eigenvalue weighted by molar-refractivity contribution is 7.14. The second kappa shape index (κ2) is 9.32. The number of anilines is 1. The summed E-state index contributed by atoms with van der Waals surface area (Å²) in [4.78, 5) is 28.8. The normalized spacial score (nSPS) is 17.1. The van der Waals surface area contributed by atoms with E-state index in [-0.39, 0.29) is 11.9 Å². The van der Waals surface area contributed by atoms with E-state index in [1.165, 1.54) is 22.5 Å². The quantitative estimate of drug-likeness (QED) is 0.781. The lowest BCUT2D eigenvalue weighted by atomic mass is 10.1. The summed E-state index contributed by atoms with van der Waals surface area (Å²) < 4.78 is 0. The Bertz CT molecular complexity index is 818. The van der Waals surface area contributed by atoms with Crippen molar-refractivity contribution in [1.29, 1.82) is 0 Å². The first kappa shape index (κ1) is 20.5. The van der Waals surface area contributed by atoms with Crippen LogP contribution >= 0.6 is 11.3 Å². The maximum absolute atomic E-state index is 12.7. The van der Waals surface area contributed by atoms with E-state index in [0.717, 1.165) is 39.1 Å². The maximum Gasteiger partial charge on any atom is 0.251 e. The average molecular weight is 401 g/mol. The lowest BCUT2D eigenvalue weighted by Gasteiger charge is -2.27. The molecule has 7 heteroatoms. The number of nitrogens with zero attached hydrogens (tertiary/aromatic N) is 2. The van der Waals surface area contributed by atoms with Crippen molar-refractivity contribution in [3.05, 3.63) is 52.4 Å². The van der Waals surface area contributed by atoms with Gasteiger partial charge in [-0.3, -0.25) is 19.4 Å². The number of rotatable bonds is 6. The van der Waals surface area contributed by atoms with Crippen LogP contribution in [0, 0.1) is 6.92 Å². The summed E-state index contributed by atoms with van der Waals surface area (Å²) in [5.41, 5.74) is 8.32. The van der Waals surface area contributed by atoms with E-state index in [4.69, 9.17) is 5.73 Å². The summed E-state index contributed by atoms with van der Waals surface area (Å²) in [6.45, 7) is 8.63. The van der Waals surface area contributed by atoms with E-state index in [1.54, 1.807) is 11.4 Å². The predicted molar refractivity (Wildman–Crippen MR) is 114 cm³/mol. The minimum Gasteiger partial charge on any atom is -0.366 e. The van der Waals surface area contributed by atoms with Gasteiger partial charge in [-0.2, -0.15) is 0 Å². The van der Waals surface area contributed by atoms with Crippen molar-refractivity contribution in [3.8, 4) is 0 Å². The van der Waals surface area contributed by atoms with E-state index >= 15 is 0 Å². The third-order valence-electron chi connectivity index (χ3n) is 5.24. The molecule has 1 aromatic carbocycles. The van der Waals surface area contributed by atoms with Crippen molar-refractivity contribution in [2.75, 3.05) is 31.5 Å². The largest absolute Gasteiger partial charge is 0.366 e. The molecule has 1 aliphatic heterocycles. The molecule has 6 nitrogen and oxygen atoms in total. The predicted octanol–water partition coefficient (Wildman–Crippen LogP) is 2.69. The van der Waals surface area contributed by atoms with Crippen LogP contribution in [0.15, 0.2) is 35.7 Å². The van der Waals surface area contributed by atoms with Gasteiger partial charge in [0.05, 0.1) is 11.6 Å². The number of primary amides is 1. The molecule has 2 heterocycles. The third-order valence-corrected chi connectivity index (χ3v) is 6.07. The van der Waals surface area contributed by atoms with Crippen LogP contribution in [0.5, 0.6) is 0 Å². The fraction of sp³-hybridized carbons (Fsp3) is 0.429. The number of thiophene rings is 1. The molecular formula is C21H28N4O2S. The smallest absolute Gasteiger partial charge is 0.251 e. The first-order valence-electron chi connectivity index (χ1n) is 9.64. The maximum atomic E-state index is 12.7. The molecule has 1 fully saturated rings. The van der Waals surface area contributed by atoms with Gasteiger partial charge in [0.25, 0.3) is 5.91 Å². The minimum absolute atomic E-state index is 0.100. The van der Waals surface area contributed by atoms with Crippen LogP contribution in [0.3, 0.4) is 0 Å². The first-order valence-corrected chi connectivity index (χ1v) is 10.5. The summed E-state index contributed by atoms with van der Waals surface area (Å²) >= 11 is 1.32. The van der Waals surface area contributed by atoms with Crippen molar-refractivity contribution >= 4 is 28.2 Å². The van der Waals surface area contributed by atoms with Crippen molar-refractivity contribution in [2.45, 2.75) is 32.9 Å². The first-order chi connectivity index (χ1) is 13.4. The molecular weight excluding hydrogens is 372 g/mol. The molecule has 1 saturated heterocycles. The van der Waals surface area contributed by atoms with Crippen LogP contribution < -0.4 is 11.1 Å². The Morgan fingerprint density at radius 3 is 2.61 bits per heavy atom. The lowest BCUT2D eigenvalue weighted by molar-refractivity contribution is -0.120. The van der Waals surface area contributed by atoms with E-state index < -0.39 is 5.91 Å². The van der Waals surface area contributed by atoms with Gasteiger partial charge in [-0.25, -0.2) is 0 Å². The molecule has 0 unspecified atom stereocenters. The van der Waals surface area contributed by atoms with Gasteiger partial charge in [0.2, 0.25) is 5.91 Å². The van der Waals surface area contributed by atoms with Gasteiger partial charge in [-0.05, 0) is 43.8 Å². The van der Waals surface area contributed by atoms with Crippen LogP contribution in [0.25, 0.3) is 0 Å². The Kier molecular flexibility index (Phi) is 6.83. The molecule has 0 bridgehead atoms. The zero-order valence-corrected chi connectivity index (χ0v) is 17.3. The SMILES string of the molecule is Cc1ccc(CN2CCCN([C@H](C)C(=O)Nc3sccc3C(N)=O)CC2)cc1. The summed E-state index contributed by atoms with van der Waals surface area (Å²) in [5.74, 6) is -0.623. The highest BCUT2D eigenvalue weighted by Gasteiger charge is 2.25. The molecule has 150 valence electrons. The van der Waals surface area contributed by atoms with Crippen molar-refractivity contribution in [2.24, 2.45) is 5.73 Å². The van der Waals surface area contributed by atoms with Crippen LogP contribution in [0.1, 0.15) is 34.8 Å². The van der Waals surface area contributed by atoms with Crippen molar-refractivity contribution in [3.63, 3.8) is 0 Å². The molecule has 0 saturated carbocycles. The van der Waals surface area contributed by atoms with Crippen LogP contribution in [0.4, 0.5) is 5.00 Å². The topological polar surface area (TPSA) is 78.7 Å². The van der Waals surface area contributed by atoms with Gasteiger partial charge in [-0.1, -0.05) is 29.8 Å².